The molecule has 4 rings (SSSR count). The first kappa shape index (κ1) is 20.7. The minimum Gasteiger partial charge on any atom is -0.482 e. The lowest BCUT2D eigenvalue weighted by Gasteiger charge is -2.09. The van der Waals surface area contributed by atoms with Crippen LogP contribution in [0.4, 0.5) is 0 Å². The summed E-state index contributed by atoms with van der Waals surface area (Å²) in [6.45, 7) is 3.21. The van der Waals surface area contributed by atoms with Gasteiger partial charge in [0.1, 0.15) is 11.5 Å². The Bertz CT molecular complexity index is 1260. The molecule has 0 bridgehead atoms. The predicted octanol–water partition coefficient (Wildman–Crippen LogP) is 5.78. The second-order valence-electron chi connectivity index (χ2n) is 7.08. The topological polar surface area (TPSA) is 57.5 Å². The molecule has 0 radical (unpaired) electrons. The molecule has 0 N–H and O–H groups in total. The molecule has 3 aromatic carbocycles. The van der Waals surface area contributed by atoms with Crippen LogP contribution >= 0.6 is 11.6 Å². The first-order valence-corrected chi connectivity index (χ1v) is 10.1. The highest BCUT2D eigenvalue weighted by Gasteiger charge is 2.19. The summed E-state index contributed by atoms with van der Waals surface area (Å²) in [6.07, 6.45) is 0. The standard InChI is InChI=1S/C25H20ClNO4/c1-16-25(17(2)28)22-14-21(31-24(29)15-30-20-6-4-3-5-7-20)12-13-23(22)27(16)19-10-8-18(26)9-11-19/h3-14H,15H2,1-2H3. The minimum absolute atomic E-state index is 0.0638. The summed E-state index contributed by atoms with van der Waals surface area (Å²) >= 11 is 6.02. The number of para-hydroxylation sites is 1. The highest BCUT2D eigenvalue weighted by atomic mass is 35.5. The number of Topliss-reactive ketones (excluding diaryl/α,β-unsaturated/α-hetero) is 1. The fraction of sp³-hybridized carbons (Fsp3) is 0.120. The molecule has 0 aliphatic carbocycles. The van der Waals surface area contributed by atoms with E-state index in [1.165, 1.54) is 6.92 Å². The third-order valence-corrected chi connectivity index (χ3v) is 5.20. The van der Waals surface area contributed by atoms with Crippen LogP contribution in [0.2, 0.25) is 5.02 Å². The van der Waals surface area contributed by atoms with Gasteiger partial charge in [-0.1, -0.05) is 29.8 Å². The molecule has 4 aromatic rings. The molecule has 1 aromatic heterocycles. The molecule has 0 atom stereocenters. The van der Waals surface area contributed by atoms with Crippen LogP contribution in [0.3, 0.4) is 0 Å². The van der Waals surface area contributed by atoms with Crippen molar-refractivity contribution in [3.05, 3.63) is 89.1 Å². The van der Waals surface area contributed by atoms with Crippen molar-refractivity contribution in [3.63, 3.8) is 0 Å². The Balaban J connectivity index is 1.65. The zero-order valence-corrected chi connectivity index (χ0v) is 17.8. The smallest absolute Gasteiger partial charge is 0.349 e. The van der Waals surface area contributed by atoms with Crippen molar-refractivity contribution < 1.29 is 19.1 Å². The molecule has 0 fully saturated rings. The van der Waals surface area contributed by atoms with Gasteiger partial charge in [0, 0.05) is 27.4 Å². The van der Waals surface area contributed by atoms with E-state index in [0.29, 0.717) is 27.5 Å². The second-order valence-corrected chi connectivity index (χ2v) is 7.52. The molecule has 6 heteroatoms. The Kier molecular flexibility index (Phi) is 5.78. The van der Waals surface area contributed by atoms with E-state index >= 15 is 0 Å². The number of esters is 1. The van der Waals surface area contributed by atoms with E-state index in [2.05, 4.69) is 0 Å². The van der Waals surface area contributed by atoms with Gasteiger partial charge < -0.3 is 14.0 Å². The van der Waals surface area contributed by atoms with Gasteiger partial charge in [0.25, 0.3) is 0 Å². The Morgan fingerprint density at radius 2 is 1.65 bits per heavy atom. The van der Waals surface area contributed by atoms with E-state index in [0.717, 1.165) is 16.9 Å². The molecule has 0 unspecified atom stereocenters. The zero-order chi connectivity index (χ0) is 22.0. The largest absolute Gasteiger partial charge is 0.482 e. The molecule has 0 amide bonds. The van der Waals surface area contributed by atoms with Crippen molar-refractivity contribution in [3.8, 4) is 17.2 Å². The molecule has 1 heterocycles. The van der Waals surface area contributed by atoms with E-state index in [1.54, 1.807) is 36.4 Å². The maximum atomic E-state index is 12.4. The van der Waals surface area contributed by atoms with Gasteiger partial charge in [0.15, 0.2) is 12.4 Å². The van der Waals surface area contributed by atoms with Gasteiger partial charge in [-0.05, 0) is 68.4 Å². The van der Waals surface area contributed by atoms with Gasteiger partial charge in [-0.3, -0.25) is 4.79 Å². The predicted molar refractivity (Wildman–Crippen MR) is 121 cm³/mol. The van der Waals surface area contributed by atoms with Gasteiger partial charge in [-0.25, -0.2) is 4.79 Å². The van der Waals surface area contributed by atoms with Crippen LogP contribution in [0, 0.1) is 6.92 Å². The number of hydrogen-bond donors (Lipinski definition) is 0. The number of fused-ring (bicyclic) bond motifs is 1. The monoisotopic (exact) mass is 433 g/mol. The summed E-state index contributed by atoms with van der Waals surface area (Å²) in [4.78, 5) is 24.6. The van der Waals surface area contributed by atoms with Crippen LogP contribution in [-0.4, -0.2) is 22.9 Å². The minimum atomic E-state index is -0.526. The molecule has 5 nitrogen and oxygen atoms in total. The molecular weight excluding hydrogens is 414 g/mol. The molecular formula is C25H20ClNO4. The average molecular weight is 434 g/mol. The number of carbonyl (C=O) groups excluding carboxylic acids is 2. The lowest BCUT2D eigenvalue weighted by atomic mass is 10.1. The van der Waals surface area contributed by atoms with Gasteiger partial charge in [-0.15, -0.1) is 0 Å². The summed E-state index contributed by atoms with van der Waals surface area (Å²) < 4.78 is 12.9. The van der Waals surface area contributed by atoms with Crippen molar-refractivity contribution in [1.82, 2.24) is 4.57 Å². The van der Waals surface area contributed by atoms with Crippen molar-refractivity contribution >= 4 is 34.3 Å². The number of aromatic nitrogens is 1. The number of ketones is 1. The summed E-state index contributed by atoms with van der Waals surface area (Å²) in [5.74, 6) is 0.349. The Hall–Kier alpha value is -3.57. The Labute approximate surface area is 184 Å². The third kappa shape index (κ3) is 4.32. The normalized spacial score (nSPS) is 10.8. The molecule has 0 aliphatic heterocycles. The van der Waals surface area contributed by atoms with E-state index < -0.39 is 5.97 Å². The first-order valence-electron chi connectivity index (χ1n) is 9.74. The maximum Gasteiger partial charge on any atom is 0.349 e. The molecule has 0 spiro atoms. The van der Waals surface area contributed by atoms with Crippen molar-refractivity contribution in [1.29, 1.82) is 0 Å². The van der Waals surface area contributed by atoms with Crippen molar-refractivity contribution in [2.24, 2.45) is 0 Å². The van der Waals surface area contributed by atoms with Crippen LogP contribution in [0.25, 0.3) is 16.6 Å². The van der Waals surface area contributed by atoms with Gasteiger partial charge in [0.2, 0.25) is 0 Å². The highest BCUT2D eigenvalue weighted by molar-refractivity contribution is 6.30. The summed E-state index contributed by atoms with van der Waals surface area (Å²) in [7, 11) is 0. The van der Waals surface area contributed by atoms with Crippen molar-refractivity contribution in [2.75, 3.05) is 6.61 Å². The number of halogens is 1. The second kappa shape index (κ2) is 8.66. The highest BCUT2D eigenvalue weighted by Crippen LogP contribution is 2.32. The number of nitrogens with zero attached hydrogens (tertiary/aromatic N) is 1. The number of benzene rings is 3. The lowest BCUT2D eigenvalue weighted by molar-refractivity contribution is -0.136. The van der Waals surface area contributed by atoms with E-state index in [-0.39, 0.29) is 12.4 Å². The van der Waals surface area contributed by atoms with Crippen LogP contribution in [0.15, 0.2) is 72.8 Å². The fourth-order valence-electron chi connectivity index (χ4n) is 3.65. The fourth-order valence-corrected chi connectivity index (χ4v) is 3.77. The summed E-state index contributed by atoms with van der Waals surface area (Å²) in [5.41, 5.74) is 3.12. The van der Waals surface area contributed by atoms with E-state index in [9.17, 15) is 9.59 Å². The third-order valence-electron chi connectivity index (χ3n) is 4.94. The lowest BCUT2D eigenvalue weighted by Crippen LogP contribution is -2.17. The van der Waals surface area contributed by atoms with Gasteiger partial charge in [-0.2, -0.15) is 0 Å². The van der Waals surface area contributed by atoms with Gasteiger partial charge >= 0.3 is 5.97 Å². The molecule has 0 aliphatic rings. The van der Waals surface area contributed by atoms with E-state index in [1.807, 2.05) is 47.9 Å². The van der Waals surface area contributed by atoms with E-state index in [4.69, 9.17) is 21.1 Å². The van der Waals surface area contributed by atoms with Gasteiger partial charge in [0.05, 0.1) is 5.52 Å². The first-order chi connectivity index (χ1) is 14.9. The summed E-state index contributed by atoms with van der Waals surface area (Å²) in [5, 5.41) is 1.35. The Morgan fingerprint density at radius 1 is 0.935 bits per heavy atom. The van der Waals surface area contributed by atoms with Crippen LogP contribution in [0.1, 0.15) is 23.0 Å². The molecule has 31 heavy (non-hydrogen) atoms. The van der Waals surface area contributed by atoms with Crippen LogP contribution in [0.5, 0.6) is 11.5 Å². The number of carbonyl (C=O) groups is 2. The van der Waals surface area contributed by atoms with Crippen molar-refractivity contribution in [2.45, 2.75) is 13.8 Å². The quantitative estimate of drug-likeness (QED) is 0.220. The SMILES string of the molecule is CC(=O)c1c(C)n(-c2ccc(Cl)cc2)c2ccc(OC(=O)COc3ccccc3)cc12. The molecule has 156 valence electrons. The zero-order valence-electron chi connectivity index (χ0n) is 17.1. The van der Waals surface area contributed by atoms with Crippen LogP contribution < -0.4 is 9.47 Å². The average Bonchev–Trinajstić information content (AvgIpc) is 3.05. The maximum absolute atomic E-state index is 12.4. The number of hydrogen-bond acceptors (Lipinski definition) is 4. The molecule has 0 saturated carbocycles. The number of rotatable bonds is 6. The Morgan fingerprint density at radius 3 is 2.32 bits per heavy atom. The van der Waals surface area contributed by atoms with Crippen LogP contribution in [-0.2, 0) is 4.79 Å². The number of ether oxygens (including phenoxy) is 2. The summed E-state index contributed by atoms with van der Waals surface area (Å²) in [6, 6.07) is 21.7. The molecule has 0 saturated heterocycles.